The predicted molar refractivity (Wildman–Crippen MR) is 104 cm³/mol. The van der Waals surface area contributed by atoms with Crippen LogP contribution in [0.3, 0.4) is 0 Å². The maximum Gasteiger partial charge on any atom is 0.275 e. The number of fused-ring (bicyclic) bond motifs is 2. The summed E-state index contributed by atoms with van der Waals surface area (Å²) in [7, 11) is 1.49. The molecular formula is C21H25N3O4. The number of rotatable bonds is 5. The highest BCUT2D eigenvalue weighted by Gasteiger charge is 2.42. The van der Waals surface area contributed by atoms with Crippen molar-refractivity contribution in [3.63, 3.8) is 0 Å². The molecule has 2 saturated carbocycles. The van der Waals surface area contributed by atoms with E-state index in [0.717, 1.165) is 23.1 Å². The monoisotopic (exact) mass is 383 g/mol. The number of aromatic nitrogens is 2. The van der Waals surface area contributed by atoms with Crippen molar-refractivity contribution in [1.29, 1.82) is 0 Å². The zero-order valence-corrected chi connectivity index (χ0v) is 16.1. The lowest BCUT2D eigenvalue weighted by molar-refractivity contribution is 0.0905. The minimum atomic E-state index is -0.542. The second-order valence-electron chi connectivity index (χ2n) is 7.90. The van der Waals surface area contributed by atoms with Gasteiger partial charge in [-0.2, -0.15) is 9.78 Å². The second-order valence-corrected chi connectivity index (χ2v) is 7.90. The second kappa shape index (κ2) is 7.30. The van der Waals surface area contributed by atoms with E-state index in [9.17, 15) is 14.7 Å². The number of methoxy groups -OCH3 is 1. The number of amides is 1. The topological polar surface area (TPSA) is 93.5 Å². The van der Waals surface area contributed by atoms with Crippen molar-refractivity contribution < 1.29 is 14.6 Å². The largest absolute Gasteiger partial charge is 0.505 e. The Morgan fingerprint density at radius 2 is 2.11 bits per heavy atom. The SMILES string of the molecule is COc1ccccc1-n1nc(C(=O)NC(C)C2CC3CCC2C3)c(O)cc1=O. The summed E-state index contributed by atoms with van der Waals surface area (Å²) < 4.78 is 6.36. The van der Waals surface area contributed by atoms with E-state index in [1.54, 1.807) is 24.3 Å². The fourth-order valence-electron chi connectivity index (χ4n) is 4.87. The van der Waals surface area contributed by atoms with Crippen LogP contribution in [0.5, 0.6) is 11.5 Å². The average Bonchev–Trinajstić information content (AvgIpc) is 3.31. The lowest BCUT2D eigenvalue weighted by Crippen LogP contribution is -2.41. The van der Waals surface area contributed by atoms with Crippen molar-refractivity contribution in [2.24, 2.45) is 17.8 Å². The Labute approximate surface area is 163 Å². The van der Waals surface area contributed by atoms with Crippen LogP contribution in [0.1, 0.15) is 43.1 Å². The molecule has 2 N–H and O–H groups in total. The van der Waals surface area contributed by atoms with Gasteiger partial charge in [-0.1, -0.05) is 18.6 Å². The van der Waals surface area contributed by atoms with Gasteiger partial charge in [0.2, 0.25) is 0 Å². The first-order chi connectivity index (χ1) is 13.5. The van der Waals surface area contributed by atoms with Gasteiger partial charge in [0, 0.05) is 12.1 Å². The molecule has 2 aromatic rings. The number of nitrogens with zero attached hydrogens (tertiary/aromatic N) is 2. The van der Waals surface area contributed by atoms with Gasteiger partial charge in [0.25, 0.3) is 11.5 Å². The standard InChI is InChI=1S/C21H25N3O4/c1-12(15-10-13-7-8-14(15)9-13)22-21(27)20-17(25)11-19(26)24(23-20)16-5-3-4-6-18(16)28-2/h3-6,11-15,25H,7-10H2,1-2H3,(H,22,27). The Balaban J connectivity index is 1.60. The number of hydrogen-bond donors (Lipinski definition) is 2. The third kappa shape index (κ3) is 3.25. The molecule has 0 saturated heterocycles. The molecule has 1 aromatic carbocycles. The predicted octanol–water partition coefficient (Wildman–Crippen LogP) is 2.50. The third-order valence-corrected chi connectivity index (χ3v) is 6.23. The molecule has 7 nitrogen and oxygen atoms in total. The molecule has 2 bridgehead atoms. The van der Waals surface area contributed by atoms with Gasteiger partial charge in [-0.15, -0.1) is 0 Å². The Kier molecular flexibility index (Phi) is 4.83. The first kappa shape index (κ1) is 18.5. The van der Waals surface area contributed by atoms with E-state index in [1.165, 1.54) is 26.4 Å². The Morgan fingerprint density at radius 3 is 2.79 bits per heavy atom. The van der Waals surface area contributed by atoms with Crippen molar-refractivity contribution in [3.8, 4) is 17.2 Å². The lowest BCUT2D eigenvalue weighted by Gasteiger charge is -2.28. The number of hydrogen-bond acceptors (Lipinski definition) is 5. The summed E-state index contributed by atoms with van der Waals surface area (Å²) in [5.41, 5.74) is -0.301. The van der Waals surface area contributed by atoms with Crippen LogP contribution in [0.2, 0.25) is 0 Å². The quantitative estimate of drug-likeness (QED) is 0.827. The van der Waals surface area contributed by atoms with Gasteiger partial charge in [-0.05, 0) is 56.1 Å². The van der Waals surface area contributed by atoms with Gasteiger partial charge in [0.15, 0.2) is 11.4 Å². The van der Waals surface area contributed by atoms with Gasteiger partial charge in [0.05, 0.1) is 7.11 Å². The zero-order valence-electron chi connectivity index (χ0n) is 16.1. The van der Waals surface area contributed by atoms with Crippen LogP contribution in [0.4, 0.5) is 0 Å². The molecule has 1 amide bonds. The number of carbonyl (C=O) groups is 1. The van der Waals surface area contributed by atoms with Crippen molar-refractivity contribution >= 4 is 5.91 Å². The Morgan fingerprint density at radius 1 is 1.32 bits per heavy atom. The molecule has 1 aromatic heterocycles. The van der Waals surface area contributed by atoms with E-state index in [2.05, 4.69) is 10.4 Å². The van der Waals surface area contributed by atoms with Gasteiger partial charge < -0.3 is 15.2 Å². The number of para-hydroxylation sites is 2. The van der Waals surface area contributed by atoms with Crippen LogP contribution in [0, 0.1) is 17.8 Å². The maximum atomic E-state index is 12.8. The molecule has 2 fully saturated rings. The van der Waals surface area contributed by atoms with E-state index in [-0.39, 0.29) is 11.7 Å². The van der Waals surface area contributed by atoms with E-state index >= 15 is 0 Å². The van der Waals surface area contributed by atoms with Crippen molar-refractivity contribution in [2.45, 2.75) is 38.6 Å². The number of carbonyl (C=O) groups excluding carboxylic acids is 1. The minimum Gasteiger partial charge on any atom is -0.505 e. The summed E-state index contributed by atoms with van der Waals surface area (Å²) >= 11 is 0. The minimum absolute atomic E-state index is 0.00404. The molecule has 148 valence electrons. The highest BCUT2D eigenvalue weighted by Crippen LogP contribution is 2.49. The highest BCUT2D eigenvalue weighted by atomic mass is 16.5. The molecule has 0 aliphatic heterocycles. The maximum absolute atomic E-state index is 12.8. The molecule has 0 spiro atoms. The van der Waals surface area contributed by atoms with Crippen molar-refractivity contribution in [3.05, 3.63) is 46.4 Å². The fraction of sp³-hybridized carbons (Fsp3) is 0.476. The first-order valence-electron chi connectivity index (χ1n) is 9.75. The molecular weight excluding hydrogens is 358 g/mol. The van der Waals surface area contributed by atoms with E-state index in [1.807, 2.05) is 6.92 Å². The number of ether oxygens (including phenoxy) is 1. The van der Waals surface area contributed by atoms with E-state index in [0.29, 0.717) is 23.3 Å². The van der Waals surface area contributed by atoms with Crippen LogP contribution in [-0.4, -0.2) is 33.9 Å². The summed E-state index contributed by atoms with van der Waals surface area (Å²) in [6, 6.07) is 7.90. The van der Waals surface area contributed by atoms with Crippen molar-refractivity contribution in [2.75, 3.05) is 7.11 Å². The van der Waals surface area contributed by atoms with Crippen LogP contribution in [0.25, 0.3) is 5.69 Å². The normalized spacial score (nSPS) is 24.1. The van der Waals surface area contributed by atoms with Gasteiger partial charge in [0.1, 0.15) is 11.4 Å². The molecule has 4 rings (SSSR count). The first-order valence-corrected chi connectivity index (χ1v) is 9.75. The Hall–Kier alpha value is -2.83. The van der Waals surface area contributed by atoms with Crippen LogP contribution < -0.4 is 15.6 Å². The average molecular weight is 383 g/mol. The molecule has 0 radical (unpaired) electrons. The van der Waals surface area contributed by atoms with Crippen molar-refractivity contribution in [1.82, 2.24) is 15.1 Å². The van der Waals surface area contributed by atoms with Gasteiger partial charge in [-0.3, -0.25) is 9.59 Å². The molecule has 2 aliphatic carbocycles. The molecule has 4 atom stereocenters. The summed E-state index contributed by atoms with van der Waals surface area (Å²) in [6.07, 6.45) is 4.94. The molecule has 28 heavy (non-hydrogen) atoms. The Bertz CT molecular complexity index is 955. The third-order valence-electron chi connectivity index (χ3n) is 6.23. The summed E-state index contributed by atoms with van der Waals surface area (Å²) in [5.74, 6) is 1.47. The van der Waals surface area contributed by atoms with Gasteiger partial charge >= 0.3 is 0 Å². The fourth-order valence-corrected chi connectivity index (χ4v) is 4.87. The van der Waals surface area contributed by atoms with E-state index < -0.39 is 17.2 Å². The summed E-state index contributed by atoms with van der Waals surface area (Å²) in [4.78, 5) is 25.2. The molecule has 4 unspecified atom stereocenters. The molecule has 2 aliphatic rings. The lowest BCUT2D eigenvalue weighted by atomic mass is 9.84. The number of benzene rings is 1. The summed E-state index contributed by atoms with van der Waals surface area (Å²) in [5, 5.41) is 17.3. The summed E-state index contributed by atoms with van der Waals surface area (Å²) in [6.45, 7) is 2.01. The number of nitrogens with one attached hydrogen (secondary N) is 1. The van der Waals surface area contributed by atoms with Crippen LogP contribution in [0.15, 0.2) is 35.1 Å². The smallest absolute Gasteiger partial charge is 0.275 e. The van der Waals surface area contributed by atoms with Crippen LogP contribution in [-0.2, 0) is 0 Å². The van der Waals surface area contributed by atoms with E-state index in [4.69, 9.17) is 4.74 Å². The van der Waals surface area contributed by atoms with Crippen LogP contribution >= 0.6 is 0 Å². The zero-order chi connectivity index (χ0) is 19.8. The highest BCUT2D eigenvalue weighted by molar-refractivity contribution is 5.94. The molecule has 1 heterocycles. The molecule has 7 heteroatoms. The van der Waals surface area contributed by atoms with Gasteiger partial charge in [-0.25, -0.2) is 0 Å². The number of aromatic hydroxyl groups is 1.